The zero-order valence-electron chi connectivity index (χ0n) is 14.3. The molecule has 1 atom stereocenters. The van der Waals surface area contributed by atoms with Crippen LogP contribution >= 0.6 is 0 Å². The minimum atomic E-state index is -0.229. The minimum absolute atomic E-state index is 0.0535. The van der Waals surface area contributed by atoms with Gasteiger partial charge in [-0.25, -0.2) is 0 Å². The predicted octanol–water partition coefficient (Wildman–Crippen LogP) is 1.69. The summed E-state index contributed by atoms with van der Waals surface area (Å²) in [4.78, 5) is 14.8. The number of carbonyl (C=O) groups is 1. The molecule has 2 aromatic carbocycles. The van der Waals surface area contributed by atoms with Crippen LogP contribution in [-0.2, 0) is 17.6 Å². The molecule has 1 fully saturated rings. The maximum absolute atomic E-state index is 12.9. The molecule has 3 N–H and O–H groups in total. The van der Waals surface area contributed by atoms with Gasteiger partial charge in [-0.3, -0.25) is 9.69 Å². The Balaban J connectivity index is 1.66. The standard InChI is InChI=1S/C20H24N2O2/c1-20(2)21-18(14-16-6-4-3-5-7-16)19(24)22(20)13-12-15-8-10-17(23)11-9-15/h3-11,18,21,23H,12-14H2,1-2H3/p+1/t18-/m0/s1. The monoisotopic (exact) mass is 325 g/mol. The van der Waals surface area contributed by atoms with Crippen molar-refractivity contribution in [2.24, 2.45) is 0 Å². The van der Waals surface area contributed by atoms with E-state index in [1.54, 1.807) is 12.1 Å². The van der Waals surface area contributed by atoms with Gasteiger partial charge >= 0.3 is 0 Å². The maximum atomic E-state index is 12.9. The van der Waals surface area contributed by atoms with Crippen LogP contribution in [0.2, 0.25) is 0 Å². The summed E-state index contributed by atoms with van der Waals surface area (Å²) in [7, 11) is 0. The second-order valence-electron chi connectivity index (χ2n) is 7.02. The van der Waals surface area contributed by atoms with E-state index in [9.17, 15) is 9.90 Å². The van der Waals surface area contributed by atoms with Crippen molar-refractivity contribution >= 4 is 5.91 Å². The zero-order chi connectivity index (χ0) is 17.2. The van der Waals surface area contributed by atoms with Crippen molar-refractivity contribution in [3.8, 4) is 5.75 Å². The highest BCUT2D eigenvalue weighted by atomic mass is 16.3. The van der Waals surface area contributed by atoms with Gasteiger partial charge in [0.1, 0.15) is 5.75 Å². The molecule has 1 aliphatic rings. The second-order valence-corrected chi connectivity index (χ2v) is 7.02. The first-order chi connectivity index (χ1) is 11.5. The molecule has 0 radical (unpaired) electrons. The van der Waals surface area contributed by atoms with E-state index in [4.69, 9.17) is 0 Å². The number of phenols is 1. The van der Waals surface area contributed by atoms with E-state index in [2.05, 4.69) is 31.3 Å². The van der Waals surface area contributed by atoms with Gasteiger partial charge in [-0.15, -0.1) is 0 Å². The highest BCUT2D eigenvalue weighted by Gasteiger charge is 2.48. The molecule has 1 aliphatic heterocycles. The largest absolute Gasteiger partial charge is 0.508 e. The van der Waals surface area contributed by atoms with Crippen molar-refractivity contribution in [3.05, 3.63) is 65.7 Å². The Morgan fingerprint density at radius 2 is 1.71 bits per heavy atom. The average molecular weight is 325 g/mol. The third kappa shape index (κ3) is 3.60. The number of quaternary nitrogens is 1. The van der Waals surface area contributed by atoms with Crippen LogP contribution < -0.4 is 5.32 Å². The second kappa shape index (κ2) is 6.65. The Morgan fingerprint density at radius 3 is 2.38 bits per heavy atom. The number of amides is 1. The van der Waals surface area contributed by atoms with Gasteiger partial charge in [0.15, 0.2) is 11.7 Å². The first-order valence-electron chi connectivity index (χ1n) is 8.45. The predicted molar refractivity (Wildman–Crippen MR) is 93.5 cm³/mol. The Hall–Kier alpha value is -2.33. The fourth-order valence-corrected chi connectivity index (χ4v) is 3.45. The summed E-state index contributed by atoms with van der Waals surface area (Å²) in [6, 6.07) is 17.3. The molecule has 0 saturated carbocycles. The highest BCUT2D eigenvalue weighted by Crippen LogP contribution is 2.18. The summed E-state index contributed by atoms with van der Waals surface area (Å²) >= 11 is 0. The van der Waals surface area contributed by atoms with Crippen LogP contribution in [0.3, 0.4) is 0 Å². The smallest absolute Gasteiger partial charge is 0.285 e. The highest BCUT2D eigenvalue weighted by molar-refractivity contribution is 5.82. The van der Waals surface area contributed by atoms with Gasteiger partial charge in [-0.05, 0) is 29.7 Å². The number of nitrogens with two attached hydrogens (primary N) is 1. The molecule has 1 heterocycles. The van der Waals surface area contributed by atoms with Crippen LogP contribution in [0.5, 0.6) is 5.75 Å². The molecule has 2 aromatic rings. The number of aromatic hydroxyl groups is 1. The van der Waals surface area contributed by atoms with Gasteiger partial charge in [0.25, 0.3) is 5.91 Å². The first-order valence-corrected chi connectivity index (χ1v) is 8.45. The molecule has 24 heavy (non-hydrogen) atoms. The number of rotatable bonds is 5. The van der Waals surface area contributed by atoms with Crippen LogP contribution in [-0.4, -0.2) is 34.2 Å². The van der Waals surface area contributed by atoms with E-state index >= 15 is 0 Å². The number of benzene rings is 2. The van der Waals surface area contributed by atoms with E-state index in [1.165, 1.54) is 5.56 Å². The molecule has 0 aromatic heterocycles. The van der Waals surface area contributed by atoms with E-state index in [-0.39, 0.29) is 23.4 Å². The Kier molecular flexibility index (Phi) is 4.58. The van der Waals surface area contributed by atoms with E-state index in [1.807, 2.05) is 35.2 Å². The van der Waals surface area contributed by atoms with E-state index in [0.717, 1.165) is 18.4 Å². The number of nitrogens with zero attached hydrogens (tertiary/aromatic N) is 1. The molecular formula is C20H25N2O2+. The summed E-state index contributed by atoms with van der Waals surface area (Å²) < 4.78 is 0. The molecule has 0 aliphatic carbocycles. The van der Waals surface area contributed by atoms with Gasteiger partial charge in [0, 0.05) is 26.8 Å². The van der Waals surface area contributed by atoms with Gasteiger partial charge in [0.2, 0.25) is 0 Å². The molecule has 0 bridgehead atoms. The summed E-state index contributed by atoms with van der Waals surface area (Å²) in [5.74, 6) is 0.482. The summed E-state index contributed by atoms with van der Waals surface area (Å²) in [6.07, 6.45) is 1.56. The lowest BCUT2D eigenvalue weighted by molar-refractivity contribution is -0.738. The Bertz CT molecular complexity index is 695. The van der Waals surface area contributed by atoms with Crippen LogP contribution in [0.1, 0.15) is 25.0 Å². The van der Waals surface area contributed by atoms with Gasteiger partial charge in [-0.2, -0.15) is 0 Å². The minimum Gasteiger partial charge on any atom is -0.508 e. The fourth-order valence-electron chi connectivity index (χ4n) is 3.45. The molecule has 0 unspecified atom stereocenters. The quantitative estimate of drug-likeness (QED) is 0.879. The van der Waals surface area contributed by atoms with Crippen LogP contribution in [0.15, 0.2) is 54.6 Å². The third-order valence-electron chi connectivity index (χ3n) is 4.75. The summed E-state index contributed by atoms with van der Waals surface area (Å²) in [5.41, 5.74) is 2.10. The van der Waals surface area contributed by atoms with Crippen molar-refractivity contribution in [3.63, 3.8) is 0 Å². The summed E-state index contributed by atoms with van der Waals surface area (Å²) in [6.45, 7) is 4.90. The van der Waals surface area contributed by atoms with Gasteiger partial charge in [0.05, 0.1) is 0 Å². The van der Waals surface area contributed by atoms with Crippen LogP contribution in [0.25, 0.3) is 0 Å². The fraction of sp³-hybridized carbons (Fsp3) is 0.350. The first kappa shape index (κ1) is 16.5. The normalized spacial score (nSPS) is 19.7. The van der Waals surface area contributed by atoms with Crippen molar-refractivity contribution in [1.82, 2.24) is 4.90 Å². The van der Waals surface area contributed by atoms with Crippen molar-refractivity contribution in [2.45, 2.75) is 38.4 Å². The topological polar surface area (TPSA) is 57.2 Å². The molecule has 3 rings (SSSR count). The third-order valence-corrected chi connectivity index (χ3v) is 4.75. The van der Waals surface area contributed by atoms with Gasteiger partial charge in [-0.1, -0.05) is 42.5 Å². The number of hydrogen-bond acceptors (Lipinski definition) is 2. The Labute approximate surface area is 143 Å². The molecular weight excluding hydrogens is 300 g/mol. The molecule has 1 amide bonds. The van der Waals surface area contributed by atoms with E-state index in [0.29, 0.717) is 6.54 Å². The van der Waals surface area contributed by atoms with Crippen molar-refractivity contribution in [2.75, 3.05) is 6.54 Å². The number of hydrogen-bond donors (Lipinski definition) is 2. The van der Waals surface area contributed by atoms with Crippen molar-refractivity contribution < 1.29 is 15.2 Å². The van der Waals surface area contributed by atoms with Crippen LogP contribution in [0.4, 0.5) is 0 Å². The number of phenolic OH excluding ortho intramolecular Hbond substituents is 1. The maximum Gasteiger partial charge on any atom is 0.285 e. The molecule has 126 valence electrons. The summed E-state index contributed by atoms with van der Waals surface area (Å²) in [5, 5.41) is 11.5. The SMILES string of the molecule is CC1(C)[NH2+][C@@H](Cc2ccccc2)C(=O)N1CCc1ccc(O)cc1. The Morgan fingerprint density at radius 1 is 1.04 bits per heavy atom. The number of carbonyl (C=O) groups excluding carboxylic acids is 1. The van der Waals surface area contributed by atoms with Crippen molar-refractivity contribution in [1.29, 1.82) is 0 Å². The molecule has 0 spiro atoms. The molecule has 1 saturated heterocycles. The molecule has 4 heteroatoms. The zero-order valence-corrected chi connectivity index (χ0v) is 14.3. The lowest BCUT2D eigenvalue weighted by Crippen LogP contribution is -2.98. The van der Waals surface area contributed by atoms with Gasteiger partial charge < -0.3 is 10.4 Å². The average Bonchev–Trinajstić information content (AvgIpc) is 2.77. The lowest BCUT2D eigenvalue weighted by atomic mass is 10.1. The lowest BCUT2D eigenvalue weighted by Gasteiger charge is -2.27. The molecule has 4 nitrogen and oxygen atoms in total. The van der Waals surface area contributed by atoms with Crippen LogP contribution in [0, 0.1) is 0 Å². The van der Waals surface area contributed by atoms with E-state index < -0.39 is 0 Å².